The van der Waals surface area contributed by atoms with Crippen LogP contribution in [0.3, 0.4) is 0 Å². The maximum atomic E-state index is 10.6. The largest absolute Gasteiger partial charge is 0.461 e. The summed E-state index contributed by atoms with van der Waals surface area (Å²) in [5.41, 5.74) is 4.95. The molecule has 0 radical (unpaired) electrons. The van der Waals surface area contributed by atoms with E-state index in [1.165, 1.54) is 6.26 Å². The Morgan fingerprint density at radius 2 is 2.54 bits per heavy atom. The van der Waals surface area contributed by atoms with E-state index < -0.39 is 5.91 Å². The molecule has 1 amide bonds. The number of amides is 1. The SMILES string of the molecule is NC(=O)c1n[nH]c(C2=COCO2)n1. The normalized spacial score (nSPS) is 14.6. The van der Waals surface area contributed by atoms with Gasteiger partial charge in [0, 0.05) is 0 Å². The number of nitrogens with zero attached hydrogens (tertiary/aromatic N) is 2. The summed E-state index contributed by atoms with van der Waals surface area (Å²) < 4.78 is 9.78. The van der Waals surface area contributed by atoms with E-state index in [0.29, 0.717) is 11.6 Å². The van der Waals surface area contributed by atoms with Crippen molar-refractivity contribution in [1.29, 1.82) is 0 Å². The first kappa shape index (κ1) is 7.59. The van der Waals surface area contributed by atoms with Gasteiger partial charge in [-0.1, -0.05) is 0 Å². The molecule has 0 saturated heterocycles. The first-order valence-corrected chi connectivity index (χ1v) is 3.44. The minimum absolute atomic E-state index is 0.0774. The first-order valence-electron chi connectivity index (χ1n) is 3.44. The highest BCUT2D eigenvalue weighted by Gasteiger charge is 2.15. The standard InChI is InChI=1S/C6H6N4O3/c7-4(11)6-8-5(9-10-6)3-1-12-2-13-3/h1H,2H2,(H2,7,11)(H,8,9,10). The highest BCUT2D eigenvalue weighted by Crippen LogP contribution is 2.15. The molecular weight excluding hydrogens is 176 g/mol. The topological polar surface area (TPSA) is 103 Å². The number of H-pyrrole nitrogens is 1. The number of aromatic amines is 1. The predicted octanol–water partition coefficient (Wildman–Crippen LogP) is -0.794. The van der Waals surface area contributed by atoms with Gasteiger partial charge in [0.2, 0.25) is 18.4 Å². The molecule has 7 nitrogen and oxygen atoms in total. The third-order valence-electron chi connectivity index (χ3n) is 1.41. The number of nitrogens with one attached hydrogen (secondary N) is 1. The second-order valence-corrected chi connectivity index (χ2v) is 2.28. The van der Waals surface area contributed by atoms with Crippen LogP contribution < -0.4 is 5.73 Å². The van der Waals surface area contributed by atoms with E-state index in [-0.39, 0.29) is 12.6 Å². The summed E-state index contributed by atoms with van der Waals surface area (Å²) in [4.78, 5) is 14.4. The summed E-state index contributed by atoms with van der Waals surface area (Å²) in [6, 6.07) is 0. The number of carbonyl (C=O) groups excluding carboxylic acids is 1. The quantitative estimate of drug-likeness (QED) is 0.623. The summed E-state index contributed by atoms with van der Waals surface area (Å²) in [5.74, 6) is -0.0419. The third kappa shape index (κ3) is 1.31. The number of primary amides is 1. The van der Waals surface area contributed by atoms with Crippen molar-refractivity contribution in [1.82, 2.24) is 15.2 Å². The highest BCUT2D eigenvalue weighted by atomic mass is 16.7. The number of carbonyl (C=O) groups is 1. The molecule has 0 bridgehead atoms. The molecule has 13 heavy (non-hydrogen) atoms. The number of hydrogen-bond acceptors (Lipinski definition) is 5. The molecule has 1 aliphatic heterocycles. The van der Waals surface area contributed by atoms with Crippen LogP contribution in [0.2, 0.25) is 0 Å². The molecule has 2 rings (SSSR count). The zero-order valence-corrected chi connectivity index (χ0v) is 6.48. The average molecular weight is 182 g/mol. The Hall–Kier alpha value is -2.05. The zero-order valence-electron chi connectivity index (χ0n) is 6.48. The second kappa shape index (κ2) is 2.77. The van der Waals surface area contributed by atoms with Gasteiger partial charge in [-0.2, -0.15) is 4.98 Å². The maximum Gasteiger partial charge on any atom is 0.288 e. The van der Waals surface area contributed by atoms with Crippen LogP contribution in [0.15, 0.2) is 6.26 Å². The molecule has 1 aromatic heterocycles. The molecule has 7 heteroatoms. The van der Waals surface area contributed by atoms with Crippen LogP contribution in [-0.4, -0.2) is 27.9 Å². The Morgan fingerprint density at radius 3 is 3.08 bits per heavy atom. The van der Waals surface area contributed by atoms with Crippen molar-refractivity contribution in [2.45, 2.75) is 0 Å². The molecule has 0 spiro atoms. The molecule has 1 aliphatic rings. The van der Waals surface area contributed by atoms with E-state index in [9.17, 15) is 4.79 Å². The minimum Gasteiger partial charge on any atom is -0.461 e. The molecule has 0 atom stereocenters. The van der Waals surface area contributed by atoms with Gasteiger partial charge >= 0.3 is 0 Å². The van der Waals surface area contributed by atoms with Crippen LogP contribution in [0.5, 0.6) is 0 Å². The first-order chi connectivity index (χ1) is 6.27. The third-order valence-corrected chi connectivity index (χ3v) is 1.41. The Bertz CT molecular complexity index is 370. The molecule has 3 N–H and O–H groups in total. The minimum atomic E-state index is -0.693. The highest BCUT2D eigenvalue weighted by molar-refractivity contribution is 5.88. The Kier molecular flexibility index (Phi) is 1.62. The van der Waals surface area contributed by atoms with E-state index in [0.717, 1.165) is 0 Å². The van der Waals surface area contributed by atoms with Crippen molar-refractivity contribution < 1.29 is 14.3 Å². The second-order valence-electron chi connectivity index (χ2n) is 2.28. The summed E-state index contributed by atoms with van der Waals surface area (Å²) in [6.07, 6.45) is 1.38. The lowest BCUT2D eigenvalue weighted by Gasteiger charge is -1.92. The van der Waals surface area contributed by atoms with Gasteiger partial charge in [-0.25, -0.2) is 0 Å². The lowest BCUT2D eigenvalue weighted by molar-refractivity contribution is 0.0991. The predicted molar refractivity (Wildman–Crippen MR) is 39.9 cm³/mol. The smallest absolute Gasteiger partial charge is 0.288 e. The van der Waals surface area contributed by atoms with E-state index in [2.05, 4.69) is 15.2 Å². The summed E-state index contributed by atoms with van der Waals surface area (Å²) in [7, 11) is 0. The van der Waals surface area contributed by atoms with Crippen molar-refractivity contribution in [2.75, 3.05) is 6.79 Å². The summed E-state index contributed by atoms with van der Waals surface area (Å²) in [5, 5.41) is 6.07. The molecule has 68 valence electrons. The van der Waals surface area contributed by atoms with Crippen LogP contribution in [-0.2, 0) is 9.47 Å². The van der Waals surface area contributed by atoms with Gasteiger partial charge in [0.25, 0.3) is 5.91 Å². The van der Waals surface area contributed by atoms with Gasteiger partial charge in [0.1, 0.15) is 6.26 Å². The number of nitrogens with two attached hydrogens (primary N) is 1. The number of rotatable bonds is 2. The maximum absolute atomic E-state index is 10.6. The van der Waals surface area contributed by atoms with Crippen LogP contribution in [0.4, 0.5) is 0 Å². The molecule has 0 aliphatic carbocycles. The van der Waals surface area contributed by atoms with Gasteiger partial charge in [0.15, 0.2) is 5.82 Å². The molecule has 0 aromatic carbocycles. The molecule has 2 heterocycles. The van der Waals surface area contributed by atoms with Crippen LogP contribution in [0.25, 0.3) is 5.76 Å². The fourth-order valence-electron chi connectivity index (χ4n) is 0.848. The average Bonchev–Trinajstić information content (AvgIpc) is 2.75. The Balaban J connectivity index is 2.27. The van der Waals surface area contributed by atoms with Crippen molar-refractivity contribution in [2.24, 2.45) is 5.73 Å². The van der Waals surface area contributed by atoms with E-state index >= 15 is 0 Å². The van der Waals surface area contributed by atoms with Crippen molar-refractivity contribution in [3.05, 3.63) is 17.9 Å². The molecular formula is C6H6N4O3. The summed E-state index contributed by atoms with van der Waals surface area (Å²) >= 11 is 0. The van der Waals surface area contributed by atoms with Gasteiger partial charge in [-0.3, -0.25) is 9.89 Å². The lowest BCUT2D eigenvalue weighted by atomic mass is 10.5. The van der Waals surface area contributed by atoms with Gasteiger partial charge in [0.05, 0.1) is 0 Å². The molecule has 1 aromatic rings. The summed E-state index contributed by atoms with van der Waals surface area (Å²) in [6.45, 7) is 0.141. The number of ether oxygens (including phenoxy) is 2. The fraction of sp³-hybridized carbons (Fsp3) is 0.167. The van der Waals surface area contributed by atoms with E-state index in [4.69, 9.17) is 15.2 Å². The number of hydrogen-bond donors (Lipinski definition) is 2. The van der Waals surface area contributed by atoms with Crippen molar-refractivity contribution in [3.63, 3.8) is 0 Å². The van der Waals surface area contributed by atoms with Gasteiger partial charge in [-0.15, -0.1) is 5.10 Å². The molecule has 0 fully saturated rings. The van der Waals surface area contributed by atoms with Crippen molar-refractivity contribution >= 4 is 11.7 Å². The number of aromatic nitrogens is 3. The van der Waals surface area contributed by atoms with Gasteiger partial charge < -0.3 is 15.2 Å². The zero-order chi connectivity index (χ0) is 9.26. The fourth-order valence-corrected chi connectivity index (χ4v) is 0.848. The molecule has 0 saturated carbocycles. The Labute approximate surface area is 72.5 Å². The van der Waals surface area contributed by atoms with E-state index in [1.54, 1.807) is 0 Å². The van der Waals surface area contributed by atoms with Crippen molar-refractivity contribution in [3.8, 4) is 0 Å². The molecule has 0 unspecified atom stereocenters. The van der Waals surface area contributed by atoms with Gasteiger partial charge in [-0.05, 0) is 0 Å². The monoisotopic (exact) mass is 182 g/mol. The van der Waals surface area contributed by atoms with E-state index in [1.807, 2.05) is 0 Å². The van der Waals surface area contributed by atoms with Crippen LogP contribution in [0, 0.1) is 0 Å². The lowest BCUT2D eigenvalue weighted by Crippen LogP contribution is -2.12. The van der Waals surface area contributed by atoms with Crippen LogP contribution >= 0.6 is 0 Å². The Morgan fingerprint density at radius 1 is 1.69 bits per heavy atom. The van der Waals surface area contributed by atoms with Crippen LogP contribution in [0.1, 0.15) is 16.4 Å².